The highest BCUT2D eigenvalue weighted by Crippen LogP contribution is 2.25. The van der Waals surface area contributed by atoms with E-state index in [1.807, 2.05) is 0 Å². The second kappa shape index (κ2) is 9.15. The summed E-state index contributed by atoms with van der Waals surface area (Å²) in [7, 11) is 1.22. The molecule has 162 valence electrons. The maximum absolute atomic E-state index is 12.7. The quantitative estimate of drug-likeness (QED) is 0.188. The van der Waals surface area contributed by atoms with Gasteiger partial charge >= 0.3 is 11.9 Å². The molecule has 0 bridgehead atoms. The van der Waals surface area contributed by atoms with E-state index < -0.39 is 74.0 Å². The molecule has 4 atom stereocenters. The van der Waals surface area contributed by atoms with E-state index >= 15 is 0 Å². The number of likely N-dealkylation sites (N-methyl/N-ethyl adjacent to an activating group) is 1. The van der Waals surface area contributed by atoms with Gasteiger partial charge in [0.05, 0.1) is 31.8 Å². The molecule has 1 fully saturated rings. The summed E-state index contributed by atoms with van der Waals surface area (Å²) in [6.07, 6.45) is -3.52. The number of rotatable bonds is 4. The number of carbonyl (C=O) groups excluding carboxylic acids is 3. The Balaban J connectivity index is 2.14. The Bertz CT molecular complexity index is 663. The lowest BCUT2D eigenvalue weighted by molar-refractivity contribution is -0.278. The summed E-state index contributed by atoms with van der Waals surface area (Å²) in [4.78, 5) is 46.5. The van der Waals surface area contributed by atoms with Crippen molar-refractivity contribution in [2.24, 2.45) is 0 Å². The largest absolute Gasteiger partial charge is 0.394 e. The first kappa shape index (κ1) is 22.5. The van der Waals surface area contributed by atoms with Crippen LogP contribution in [-0.4, -0.2) is 122 Å². The summed E-state index contributed by atoms with van der Waals surface area (Å²) in [5.41, 5.74) is 0. The molecule has 0 spiro atoms. The van der Waals surface area contributed by atoms with E-state index in [0.717, 1.165) is 22.0 Å². The molecule has 0 aromatic rings. The molecule has 2 aliphatic rings. The molecule has 1 amide bonds. The van der Waals surface area contributed by atoms with E-state index in [1.165, 1.54) is 7.05 Å². The zero-order valence-electron chi connectivity index (χ0n) is 15.3. The number of amides is 1. The number of hydroxylamine groups is 2. The van der Waals surface area contributed by atoms with Crippen molar-refractivity contribution in [3.05, 3.63) is 12.2 Å². The van der Waals surface area contributed by atoms with Crippen LogP contribution in [0.15, 0.2) is 12.2 Å². The highest BCUT2D eigenvalue weighted by molar-refractivity contribution is 5.94. The van der Waals surface area contributed by atoms with Crippen LogP contribution in [-0.2, 0) is 24.1 Å². The normalized spacial score (nSPS) is 29.8. The van der Waals surface area contributed by atoms with Crippen LogP contribution in [0.4, 0.5) is 0 Å². The van der Waals surface area contributed by atoms with Gasteiger partial charge < -0.3 is 35.3 Å². The van der Waals surface area contributed by atoms with Crippen LogP contribution in [0.3, 0.4) is 0 Å². The molecule has 0 aliphatic carbocycles. The van der Waals surface area contributed by atoms with E-state index in [1.54, 1.807) is 0 Å². The molecule has 2 aliphatic heterocycles. The smallest absolute Gasteiger partial charge is 0.360 e. The van der Waals surface area contributed by atoms with Crippen molar-refractivity contribution in [1.29, 1.82) is 5.41 Å². The number of nitrogens with zero attached hydrogens (tertiary/aromatic N) is 3. The lowest BCUT2D eigenvalue weighted by Crippen LogP contribution is -2.70. The number of hydrogen-bond donors (Lipinski definition) is 6. The maximum Gasteiger partial charge on any atom is 0.360 e. The molecule has 14 heteroatoms. The first-order valence-corrected chi connectivity index (χ1v) is 8.41. The molecule has 4 unspecified atom stereocenters. The number of aliphatic hydroxyl groups is 5. The van der Waals surface area contributed by atoms with Crippen molar-refractivity contribution < 1.29 is 49.6 Å². The van der Waals surface area contributed by atoms with Crippen molar-refractivity contribution >= 4 is 23.8 Å². The molecule has 0 radical (unpaired) electrons. The van der Waals surface area contributed by atoms with Crippen molar-refractivity contribution in [3.8, 4) is 0 Å². The van der Waals surface area contributed by atoms with Crippen LogP contribution in [0, 0.1) is 5.41 Å². The summed E-state index contributed by atoms with van der Waals surface area (Å²) in [5, 5.41) is 57.1. The molecule has 0 aromatic carbocycles. The number of carbonyl (C=O) groups is 3. The lowest BCUT2D eigenvalue weighted by atomic mass is 9.88. The van der Waals surface area contributed by atoms with Gasteiger partial charge in [-0.1, -0.05) is 0 Å². The zero-order valence-corrected chi connectivity index (χ0v) is 15.3. The highest BCUT2D eigenvalue weighted by Gasteiger charge is 2.49. The van der Waals surface area contributed by atoms with Gasteiger partial charge in [0.25, 0.3) is 5.96 Å². The van der Waals surface area contributed by atoms with Crippen LogP contribution in [0.1, 0.15) is 0 Å². The third kappa shape index (κ3) is 4.63. The Morgan fingerprint density at radius 2 is 1.48 bits per heavy atom. The first-order chi connectivity index (χ1) is 13.6. The summed E-state index contributed by atoms with van der Waals surface area (Å²) in [6, 6.07) is -2.67. The fourth-order valence-electron chi connectivity index (χ4n) is 2.96. The average Bonchev–Trinajstić information content (AvgIpc) is 2.85. The van der Waals surface area contributed by atoms with Gasteiger partial charge in [-0.2, -0.15) is 0 Å². The van der Waals surface area contributed by atoms with Gasteiger partial charge in [0, 0.05) is 24.4 Å². The van der Waals surface area contributed by atoms with Crippen LogP contribution in [0.2, 0.25) is 0 Å². The van der Waals surface area contributed by atoms with E-state index in [-0.39, 0.29) is 5.23 Å². The predicted molar refractivity (Wildman–Crippen MR) is 90.1 cm³/mol. The fraction of sp³-hybridized carbons (Fsp3) is 0.600. The first-order valence-electron chi connectivity index (χ1n) is 8.41. The standard InChI is InChI=1S/C15H22N4O10/c1-17(15(16)19-28-10(23)2-3-11(24)29-19)4-9(22)18-7(5-20)12(25)14(27)13(26)8(18)6-21/h2-3,7-8,12-14,16,20-21,25-27H,4-6H2,1H3. The Morgan fingerprint density at radius 1 is 1.03 bits per heavy atom. The van der Waals surface area contributed by atoms with Crippen LogP contribution < -0.4 is 0 Å². The number of nitrogens with one attached hydrogen (secondary N) is 1. The number of piperidine rings is 1. The predicted octanol–water partition coefficient (Wildman–Crippen LogP) is -4.71. The molecule has 2 rings (SSSR count). The van der Waals surface area contributed by atoms with Gasteiger partial charge in [0.1, 0.15) is 18.3 Å². The second-order valence-corrected chi connectivity index (χ2v) is 6.36. The molecule has 0 aromatic heterocycles. The van der Waals surface area contributed by atoms with Crippen LogP contribution in [0.5, 0.6) is 0 Å². The van der Waals surface area contributed by atoms with Gasteiger partial charge in [0.2, 0.25) is 5.91 Å². The van der Waals surface area contributed by atoms with Gasteiger partial charge in [-0.15, -0.1) is 0 Å². The highest BCUT2D eigenvalue weighted by atomic mass is 17.0. The second-order valence-electron chi connectivity index (χ2n) is 6.36. The van der Waals surface area contributed by atoms with Crippen molar-refractivity contribution in [2.45, 2.75) is 30.4 Å². The van der Waals surface area contributed by atoms with E-state index in [2.05, 4.69) is 9.68 Å². The summed E-state index contributed by atoms with van der Waals surface area (Å²) >= 11 is 0. The average molecular weight is 418 g/mol. The minimum absolute atomic E-state index is 0.189. The van der Waals surface area contributed by atoms with Crippen molar-refractivity contribution in [3.63, 3.8) is 0 Å². The molecular weight excluding hydrogens is 396 g/mol. The molecule has 2 heterocycles. The van der Waals surface area contributed by atoms with Crippen LogP contribution >= 0.6 is 0 Å². The molecular formula is C15H22N4O10. The molecule has 0 saturated carbocycles. The third-order valence-corrected chi connectivity index (χ3v) is 4.47. The molecule has 6 N–H and O–H groups in total. The minimum Gasteiger partial charge on any atom is -0.394 e. The Labute approximate surface area is 164 Å². The Kier molecular flexibility index (Phi) is 7.10. The number of guanidine groups is 1. The van der Waals surface area contributed by atoms with Crippen molar-refractivity contribution in [2.75, 3.05) is 26.8 Å². The number of likely N-dealkylation sites (tertiary alicyclic amines) is 1. The number of hydrogen-bond acceptors (Lipinski definition) is 11. The monoisotopic (exact) mass is 418 g/mol. The van der Waals surface area contributed by atoms with Crippen molar-refractivity contribution in [1.82, 2.24) is 15.0 Å². The molecule has 29 heavy (non-hydrogen) atoms. The SMILES string of the molecule is CN(CC(=O)N1C(CO)C(O)C(O)C(O)C1CO)C(=N)N1OC(=O)C=CC(=O)O1. The Morgan fingerprint density at radius 3 is 1.90 bits per heavy atom. The van der Waals surface area contributed by atoms with Gasteiger partial charge in [0.15, 0.2) is 0 Å². The number of aliphatic hydroxyl groups excluding tert-OH is 5. The van der Waals surface area contributed by atoms with Gasteiger partial charge in [-0.3, -0.25) is 19.9 Å². The summed E-state index contributed by atoms with van der Waals surface area (Å²) < 4.78 is 0. The summed E-state index contributed by atoms with van der Waals surface area (Å²) in [6.45, 7) is -2.18. The zero-order chi connectivity index (χ0) is 21.9. The lowest BCUT2D eigenvalue weighted by Gasteiger charge is -2.48. The third-order valence-electron chi connectivity index (χ3n) is 4.47. The van der Waals surface area contributed by atoms with Crippen LogP contribution in [0.25, 0.3) is 0 Å². The fourth-order valence-corrected chi connectivity index (χ4v) is 2.96. The van der Waals surface area contributed by atoms with Gasteiger partial charge in [-0.05, 0) is 0 Å². The summed E-state index contributed by atoms with van der Waals surface area (Å²) in [5.74, 6) is -3.58. The molecule has 14 nitrogen and oxygen atoms in total. The van der Waals surface area contributed by atoms with E-state index in [0.29, 0.717) is 0 Å². The topological polar surface area (TPSA) is 204 Å². The maximum atomic E-state index is 12.7. The van der Waals surface area contributed by atoms with E-state index in [9.17, 15) is 39.9 Å². The van der Waals surface area contributed by atoms with E-state index in [4.69, 9.17) is 5.41 Å². The molecule has 1 saturated heterocycles. The minimum atomic E-state index is -1.70. The Hall–Kier alpha value is -2.78. The van der Waals surface area contributed by atoms with Gasteiger partial charge in [-0.25, -0.2) is 9.59 Å².